The van der Waals surface area contributed by atoms with Gasteiger partial charge >= 0.3 is 0 Å². The van der Waals surface area contributed by atoms with Crippen LogP contribution in [-0.4, -0.2) is 39.7 Å². The molecule has 1 fully saturated rings. The van der Waals surface area contributed by atoms with Crippen molar-refractivity contribution in [3.05, 3.63) is 11.1 Å². The Bertz CT molecular complexity index is 291. The highest BCUT2D eigenvalue weighted by Gasteiger charge is 2.20. The van der Waals surface area contributed by atoms with Crippen LogP contribution in [0.3, 0.4) is 0 Å². The Kier molecular flexibility index (Phi) is 4.26. The Morgan fingerprint density at radius 1 is 1.50 bits per heavy atom. The second-order valence-electron chi connectivity index (χ2n) is 4.68. The summed E-state index contributed by atoms with van der Waals surface area (Å²) < 4.78 is 3.86. The molecule has 0 aliphatic carbocycles. The molecule has 0 bridgehead atoms. The fourth-order valence-corrected chi connectivity index (χ4v) is 2.58. The van der Waals surface area contributed by atoms with Gasteiger partial charge in [0.15, 0.2) is 0 Å². The van der Waals surface area contributed by atoms with E-state index in [4.69, 9.17) is 0 Å². The normalized spacial score (nSPS) is 19.4. The molecule has 5 heteroatoms. The molecule has 90 valence electrons. The summed E-state index contributed by atoms with van der Waals surface area (Å²) in [5.41, 5.74) is 1.07. The number of aromatic nitrogens is 2. The molecular formula is C11H20N4S. The molecular weight excluding hydrogens is 220 g/mol. The summed E-state index contributed by atoms with van der Waals surface area (Å²) in [6, 6.07) is 1.33. The summed E-state index contributed by atoms with van der Waals surface area (Å²) in [6.07, 6.45) is 2.49. The maximum Gasteiger partial charge on any atom is 0.0893 e. The van der Waals surface area contributed by atoms with Crippen LogP contribution in [0.15, 0.2) is 5.38 Å². The van der Waals surface area contributed by atoms with E-state index in [0.29, 0.717) is 12.1 Å². The third kappa shape index (κ3) is 3.23. The van der Waals surface area contributed by atoms with Gasteiger partial charge < -0.3 is 10.2 Å². The number of hydrogen-bond acceptors (Lipinski definition) is 5. The Morgan fingerprint density at radius 3 is 2.81 bits per heavy atom. The third-order valence-electron chi connectivity index (χ3n) is 3.24. The van der Waals surface area contributed by atoms with Crippen molar-refractivity contribution in [3.63, 3.8) is 0 Å². The van der Waals surface area contributed by atoms with E-state index in [9.17, 15) is 0 Å². The molecule has 0 radical (unpaired) electrons. The number of piperidine rings is 1. The topological polar surface area (TPSA) is 41.0 Å². The Labute approximate surface area is 101 Å². The quantitative estimate of drug-likeness (QED) is 0.866. The molecule has 0 saturated carbocycles. The number of likely N-dealkylation sites (tertiary alicyclic amines) is 1. The number of nitrogens with zero attached hydrogens (tertiary/aromatic N) is 3. The van der Waals surface area contributed by atoms with Gasteiger partial charge in [0.2, 0.25) is 0 Å². The standard InChI is InChI=1S/C11H20N4S/c1-9(2)15-5-3-10(4-6-15)12-7-11-8-16-14-13-11/h8-10,12H,3-7H2,1-2H3. The highest BCUT2D eigenvalue weighted by molar-refractivity contribution is 7.03. The van der Waals surface area contributed by atoms with Crippen LogP contribution < -0.4 is 5.32 Å². The van der Waals surface area contributed by atoms with Gasteiger partial charge in [-0.2, -0.15) is 0 Å². The van der Waals surface area contributed by atoms with Gasteiger partial charge in [-0.15, -0.1) is 5.10 Å². The van der Waals surface area contributed by atoms with E-state index < -0.39 is 0 Å². The molecule has 0 amide bonds. The van der Waals surface area contributed by atoms with Gasteiger partial charge in [0, 0.05) is 24.0 Å². The van der Waals surface area contributed by atoms with Crippen LogP contribution in [0.2, 0.25) is 0 Å². The summed E-state index contributed by atoms with van der Waals surface area (Å²) in [6.45, 7) is 7.83. The van der Waals surface area contributed by atoms with E-state index in [-0.39, 0.29) is 0 Å². The highest BCUT2D eigenvalue weighted by atomic mass is 32.1. The molecule has 16 heavy (non-hydrogen) atoms. The van der Waals surface area contributed by atoms with Crippen LogP contribution >= 0.6 is 11.5 Å². The maximum absolute atomic E-state index is 4.04. The average Bonchev–Trinajstić information content (AvgIpc) is 2.80. The van der Waals surface area contributed by atoms with E-state index in [1.807, 2.05) is 5.38 Å². The van der Waals surface area contributed by atoms with Crippen LogP contribution in [0.1, 0.15) is 32.4 Å². The molecule has 1 aromatic heterocycles. The molecule has 4 nitrogen and oxygen atoms in total. The first-order chi connectivity index (χ1) is 7.75. The predicted molar refractivity (Wildman–Crippen MR) is 66.5 cm³/mol. The fraction of sp³-hybridized carbons (Fsp3) is 0.818. The number of rotatable bonds is 4. The van der Waals surface area contributed by atoms with Gasteiger partial charge in [-0.3, -0.25) is 0 Å². The zero-order valence-electron chi connectivity index (χ0n) is 10.0. The van der Waals surface area contributed by atoms with Crippen LogP contribution in [0, 0.1) is 0 Å². The molecule has 2 rings (SSSR count). The van der Waals surface area contributed by atoms with Crippen molar-refractivity contribution in [2.45, 2.75) is 45.3 Å². The van der Waals surface area contributed by atoms with Crippen molar-refractivity contribution in [2.75, 3.05) is 13.1 Å². The second kappa shape index (κ2) is 5.70. The molecule has 1 N–H and O–H groups in total. The largest absolute Gasteiger partial charge is 0.308 e. The van der Waals surface area contributed by atoms with Crippen molar-refractivity contribution >= 4 is 11.5 Å². The van der Waals surface area contributed by atoms with Gasteiger partial charge in [0.05, 0.1) is 5.69 Å². The van der Waals surface area contributed by atoms with Crippen LogP contribution in [-0.2, 0) is 6.54 Å². The van der Waals surface area contributed by atoms with Gasteiger partial charge in [0.25, 0.3) is 0 Å². The smallest absolute Gasteiger partial charge is 0.0893 e. The number of hydrogen-bond donors (Lipinski definition) is 1. The lowest BCUT2D eigenvalue weighted by atomic mass is 10.0. The Balaban J connectivity index is 1.69. The molecule has 2 heterocycles. The minimum Gasteiger partial charge on any atom is -0.308 e. The monoisotopic (exact) mass is 240 g/mol. The van der Waals surface area contributed by atoms with Crippen molar-refractivity contribution < 1.29 is 0 Å². The molecule has 0 unspecified atom stereocenters. The first kappa shape index (κ1) is 12.0. The van der Waals surface area contributed by atoms with Crippen LogP contribution in [0.4, 0.5) is 0 Å². The van der Waals surface area contributed by atoms with E-state index in [0.717, 1.165) is 12.2 Å². The van der Waals surface area contributed by atoms with Gasteiger partial charge in [-0.1, -0.05) is 4.49 Å². The molecule has 1 aliphatic rings. The lowest BCUT2D eigenvalue weighted by molar-refractivity contribution is 0.160. The maximum atomic E-state index is 4.04. The second-order valence-corrected chi connectivity index (χ2v) is 5.29. The lowest BCUT2D eigenvalue weighted by Gasteiger charge is -2.34. The van der Waals surface area contributed by atoms with Gasteiger partial charge in [-0.25, -0.2) is 0 Å². The zero-order valence-corrected chi connectivity index (χ0v) is 10.8. The first-order valence-electron chi connectivity index (χ1n) is 5.99. The van der Waals surface area contributed by atoms with Crippen molar-refractivity contribution in [3.8, 4) is 0 Å². The zero-order chi connectivity index (χ0) is 11.4. The van der Waals surface area contributed by atoms with Crippen molar-refractivity contribution in [1.29, 1.82) is 0 Å². The predicted octanol–water partition coefficient (Wildman–Crippen LogP) is 1.50. The minimum absolute atomic E-state index is 0.650. The summed E-state index contributed by atoms with van der Waals surface area (Å²) in [4.78, 5) is 2.54. The summed E-state index contributed by atoms with van der Waals surface area (Å²) in [7, 11) is 0. The molecule has 0 aromatic carbocycles. The Hall–Kier alpha value is -0.520. The third-order valence-corrected chi connectivity index (χ3v) is 3.79. The molecule has 0 atom stereocenters. The van der Waals surface area contributed by atoms with E-state index in [2.05, 4.69) is 33.7 Å². The molecule has 1 saturated heterocycles. The van der Waals surface area contributed by atoms with Crippen molar-refractivity contribution in [1.82, 2.24) is 19.8 Å². The molecule has 1 aromatic rings. The van der Waals surface area contributed by atoms with Crippen molar-refractivity contribution in [2.24, 2.45) is 0 Å². The summed E-state index contributed by atoms with van der Waals surface area (Å²) >= 11 is 1.42. The molecule has 0 spiro atoms. The highest BCUT2D eigenvalue weighted by Crippen LogP contribution is 2.13. The lowest BCUT2D eigenvalue weighted by Crippen LogP contribution is -2.44. The van der Waals surface area contributed by atoms with Gasteiger partial charge in [0.1, 0.15) is 0 Å². The van der Waals surface area contributed by atoms with E-state index in [1.165, 1.54) is 37.5 Å². The van der Waals surface area contributed by atoms with Gasteiger partial charge in [-0.05, 0) is 51.3 Å². The number of nitrogens with one attached hydrogen (secondary N) is 1. The van der Waals surface area contributed by atoms with E-state index >= 15 is 0 Å². The first-order valence-corrected chi connectivity index (χ1v) is 6.82. The Morgan fingerprint density at radius 2 is 2.25 bits per heavy atom. The fourth-order valence-electron chi connectivity index (χ4n) is 2.13. The van der Waals surface area contributed by atoms with E-state index in [1.54, 1.807) is 0 Å². The van der Waals surface area contributed by atoms with Crippen LogP contribution in [0.25, 0.3) is 0 Å². The minimum atomic E-state index is 0.650. The molecule has 1 aliphatic heterocycles. The van der Waals surface area contributed by atoms with Crippen LogP contribution in [0.5, 0.6) is 0 Å². The SMILES string of the molecule is CC(C)N1CCC(NCc2csnn2)CC1. The summed E-state index contributed by atoms with van der Waals surface area (Å²) in [5.74, 6) is 0. The average molecular weight is 240 g/mol. The summed E-state index contributed by atoms with van der Waals surface area (Å²) in [5, 5.41) is 9.61.